The highest BCUT2D eigenvalue weighted by molar-refractivity contribution is 5.49. The van der Waals surface area contributed by atoms with E-state index in [2.05, 4.69) is 15.2 Å². The van der Waals surface area contributed by atoms with Crippen LogP contribution >= 0.6 is 0 Å². The number of rotatable bonds is 2. The third-order valence-electron chi connectivity index (χ3n) is 2.31. The number of ether oxygens (including phenoxy) is 1. The van der Waals surface area contributed by atoms with Crippen LogP contribution in [0.3, 0.4) is 0 Å². The summed E-state index contributed by atoms with van der Waals surface area (Å²) in [6, 6.07) is 5.62. The minimum Gasteiger partial charge on any atom is -0.436 e. The number of aromatic nitrogens is 4. The van der Waals surface area contributed by atoms with Gasteiger partial charge in [0.05, 0.1) is 0 Å². The van der Waals surface area contributed by atoms with Crippen molar-refractivity contribution in [3.05, 3.63) is 53.0 Å². The molecule has 0 aliphatic heterocycles. The van der Waals surface area contributed by atoms with Crippen molar-refractivity contribution in [3.8, 4) is 11.6 Å². The van der Waals surface area contributed by atoms with Crippen LogP contribution in [0.1, 0.15) is 0 Å². The molecule has 2 heterocycles. The SMILES string of the molecule is O=c1[nH]nc2c(Oc3cccc(F)c3)nccn12. The Bertz CT molecular complexity index is 765. The van der Waals surface area contributed by atoms with E-state index in [0.29, 0.717) is 0 Å². The maximum absolute atomic E-state index is 13.0. The number of fused-ring (bicyclic) bond motifs is 1. The summed E-state index contributed by atoms with van der Waals surface area (Å²) in [5, 5.41) is 6.06. The Labute approximate surface area is 99.7 Å². The number of hydrogen-bond donors (Lipinski definition) is 1. The normalized spacial score (nSPS) is 10.7. The first kappa shape index (κ1) is 10.5. The van der Waals surface area contributed by atoms with Crippen molar-refractivity contribution in [2.24, 2.45) is 0 Å². The lowest BCUT2D eigenvalue weighted by molar-refractivity contribution is 0.460. The van der Waals surface area contributed by atoms with E-state index in [4.69, 9.17) is 4.74 Å². The maximum Gasteiger partial charge on any atom is 0.347 e. The van der Waals surface area contributed by atoms with E-state index in [1.165, 1.54) is 35.0 Å². The van der Waals surface area contributed by atoms with Gasteiger partial charge in [0.1, 0.15) is 11.6 Å². The molecule has 18 heavy (non-hydrogen) atoms. The molecule has 0 aliphatic rings. The average Bonchev–Trinajstić information content (AvgIpc) is 2.73. The quantitative estimate of drug-likeness (QED) is 0.740. The van der Waals surface area contributed by atoms with Crippen molar-refractivity contribution >= 4 is 5.65 Å². The van der Waals surface area contributed by atoms with Crippen molar-refractivity contribution in [1.82, 2.24) is 19.6 Å². The summed E-state index contributed by atoms with van der Waals surface area (Å²) in [5.41, 5.74) is -0.150. The molecule has 1 aromatic carbocycles. The Kier molecular flexibility index (Phi) is 2.30. The summed E-state index contributed by atoms with van der Waals surface area (Å²) < 4.78 is 19.7. The minimum absolute atomic E-state index is 0.126. The van der Waals surface area contributed by atoms with Crippen LogP contribution in [0.15, 0.2) is 41.5 Å². The fraction of sp³-hybridized carbons (Fsp3) is 0. The first-order chi connectivity index (χ1) is 8.74. The molecule has 3 rings (SSSR count). The van der Waals surface area contributed by atoms with Gasteiger partial charge in [-0.2, -0.15) is 0 Å². The second kappa shape index (κ2) is 3.95. The van der Waals surface area contributed by atoms with Gasteiger partial charge in [-0.3, -0.25) is 0 Å². The molecule has 0 amide bonds. The van der Waals surface area contributed by atoms with Gasteiger partial charge in [0.25, 0.3) is 5.88 Å². The standard InChI is InChI=1S/C11H7FN4O2/c12-7-2-1-3-8(6-7)18-10-9-14-15-11(17)16(9)5-4-13-10/h1-6H,(H,15,17). The zero-order chi connectivity index (χ0) is 12.5. The maximum atomic E-state index is 13.0. The number of nitrogens with one attached hydrogen (secondary N) is 1. The van der Waals surface area contributed by atoms with Gasteiger partial charge in [-0.25, -0.2) is 23.7 Å². The smallest absolute Gasteiger partial charge is 0.347 e. The summed E-state index contributed by atoms with van der Waals surface area (Å²) in [4.78, 5) is 15.3. The molecular formula is C11H7FN4O2. The highest BCUT2D eigenvalue weighted by Gasteiger charge is 2.09. The molecule has 0 atom stereocenters. The highest BCUT2D eigenvalue weighted by Crippen LogP contribution is 2.21. The summed E-state index contributed by atoms with van der Waals surface area (Å²) in [7, 11) is 0. The van der Waals surface area contributed by atoms with Crippen LogP contribution in [0.4, 0.5) is 4.39 Å². The molecule has 0 saturated heterocycles. The first-order valence-corrected chi connectivity index (χ1v) is 5.09. The van der Waals surface area contributed by atoms with Gasteiger partial charge >= 0.3 is 5.69 Å². The molecule has 0 radical (unpaired) electrons. The predicted octanol–water partition coefficient (Wildman–Crippen LogP) is 1.35. The molecule has 0 saturated carbocycles. The largest absolute Gasteiger partial charge is 0.436 e. The number of benzene rings is 1. The van der Waals surface area contributed by atoms with Crippen LogP contribution in [0.2, 0.25) is 0 Å². The molecule has 7 heteroatoms. The van der Waals surface area contributed by atoms with Crippen LogP contribution in [0, 0.1) is 5.82 Å². The van der Waals surface area contributed by atoms with Gasteiger partial charge in [-0.15, -0.1) is 5.10 Å². The lowest BCUT2D eigenvalue weighted by atomic mass is 10.3. The van der Waals surface area contributed by atoms with Gasteiger partial charge in [0.15, 0.2) is 0 Å². The Morgan fingerprint density at radius 3 is 3.11 bits per heavy atom. The van der Waals surface area contributed by atoms with E-state index in [-0.39, 0.29) is 17.3 Å². The Morgan fingerprint density at radius 1 is 1.39 bits per heavy atom. The summed E-state index contributed by atoms with van der Waals surface area (Å²) in [6.45, 7) is 0. The van der Waals surface area contributed by atoms with Gasteiger partial charge in [0.2, 0.25) is 5.65 Å². The summed E-state index contributed by atoms with van der Waals surface area (Å²) >= 11 is 0. The summed E-state index contributed by atoms with van der Waals surface area (Å²) in [5.74, 6) is -0.00799. The second-order valence-corrected chi connectivity index (χ2v) is 3.51. The van der Waals surface area contributed by atoms with E-state index in [1.807, 2.05) is 0 Å². The van der Waals surface area contributed by atoms with E-state index in [0.717, 1.165) is 0 Å². The number of hydrogen-bond acceptors (Lipinski definition) is 4. The van der Waals surface area contributed by atoms with E-state index in [9.17, 15) is 9.18 Å². The predicted molar refractivity (Wildman–Crippen MR) is 60.1 cm³/mol. The van der Waals surface area contributed by atoms with Gasteiger partial charge in [-0.05, 0) is 12.1 Å². The van der Waals surface area contributed by atoms with Crippen LogP contribution < -0.4 is 10.4 Å². The topological polar surface area (TPSA) is 72.3 Å². The van der Waals surface area contributed by atoms with Crippen LogP contribution in [-0.2, 0) is 0 Å². The molecule has 3 aromatic rings. The van der Waals surface area contributed by atoms with Gasteiger partial charge in [-0.1, -0.05) is 6.07 Å². The Hall–Kier alpha value is -2.70. The number of nitrogens with zero attached hydrogens (tertiary/aromatic N) is 3. The third kappa shape index (κ3) is 1.71. The van der Waals surface area contributed by atoms with Crippen molar-refractivity contribution in [2.45, 2.75) is 0 Å². The fourth-order valence-corrected chi connectivity index (χ4v) is 1.53. The van der Waals surface area contributed by atoms with Crippen molar-refractivity contribution < 1.29 is 9.13 Å². The van der Waals surface area contributed by atoms with Gasteiger partial charge in [0, 0.05) is 18.5 Å². The highest BCUT2D eigenvalue weighted by atomic mass is 19.1. The molecule has 0 aliphatic carbocycles. The molecule has 0 unspecified atom stereocenters. The van der Waals surface area contributed by atoms with E-state index >= 15 is 0 Å². The number of halogens is 1. The number of aromatic amines is 1. The minimum atomic E-state index is -0.418. The third-order valence-corrected chi connectivity index (χ3v) is 2.31. The lowest BCUT2D eigenvalue weighted by Crippen LogP contribution is -2.09. The van der Waals surface area contributed by atoms with Gasteiger partial charge < -0.3 is 4.74 Å². The molecule has 90 valence electrons. The zero-order valence-corrected chi connectivity index (χ0v) is 9.00. The van der Waals surface area contributed by atoms with Crippen LogP contribution in [0.5, 0.6) is 11.6 Å². The monoisotopic (exact) mass is 246 g/mol. The summed E-state index contributed by atoms with van der Waals surface area (Å²) in [6.07, 6.45) is 2.86. The number of H-pyrrole nitrogens is 1. The first-order valence-electron chi connectivity index (χ1n) is 5.09. The van der Waals surface area contributed by atoms with E-state index < -0.39 is 11.5 Å². The average molecular weight is 246 g/mol. The lowest BCUT2D eigenvalue weighted by Gasteiger charge is -2.04. The zero-order valence-electron chi connectivity index (χ0n) is 9.00. The molecule has 0 spiro atoms. The van der Waals surface area contributed by atoms with Crippen molar-refractivity contribution in [1.29, 1.82) is 0 Å². The Morgan fingerprint density at radius 2 is 2.28 bits per heavy atom. The van der Waals surface area contributed by atoms with Crippen LogP contribution in [-0.4, -0.2) is 19.6 Å². The second-order valence-electron chi connectivity index (χ2n) is 3.51. The van der Waals surface area contributed by atoms with Crippen molar-refractivity contribution in [2.75, 3.05) is 0 Å². The molecule has 2 aromatic heterocycles. The van der Waals surface area contributed by atoms with Crippen LogP contribution in [0.25, 0.3) is 5.65 Å². The van der Waals surface area contributed by atoms with E-state index in [1.54, 1.807) is 6.07 Å². The molecule has 0 fully saturated rings. The fourth-order valence-electron chi connectivity index (χ4n) is 1.53. The molecular weight excluding hydrogens is 239 g/mol. The molecule has 6 nitrogen and oxygen atoms in total. The van der Waals surface area contributed by atoms with Crippen molar-refractivity contribution in [3.63, 3.8) is 0 Å². The molecule has 1 N–H and O–H groups in total. The molecule has 0 bridgehead atoms. The Balaban J connectivity index is 2.07.